The van der Waals surface area contributed by atoms with Crippen LogP contribution in [-0.2, 0) is 5.75 Å². The normalized spacial score (nSPS) is 11.0. The van der Waals surface area contributed by atoms with E-state index < -0.39 is 0 Å². The minimum absolute atomic E-state index is 0.903. The van der Waals surface area contributed by atoms with Gasteiger partial charge in [-0.1, -0.05) is 42.1 Å². The summed E-state index contributed by atoms with van der Waals surface area (Å²) in [5.74, 6) is 0.903. The molecule has 0 aliphatic rings. The number of aryl methyl sites for hydroxylation is 1. The molecular weight excluding hydrogens is 314 g/mol. The van der Waals surface area contributed by atoms with Gasteiger partial charge in [0.05, 0.1) is 16.7 Å². The van der Waals surface area contributed by atoms with Gasteiger partial charge in [0.25, 0.3) is 0 Å². The minimum Gasteiger partial charge on any atom is -0.372 e. The van der Waals surface area contributed by atoms with Crippen molar-refractivity contribution in [3.05, 3.63) is 59.8 Å². The third-order valence-corrected chi connectivity index (χ3v) is 5.28. The number of hydrogen-bond donors (Lipinski definition) is 0. The van der Waals surface area contributed by atoms with E-state index in [2.05, 4.69) is 48.0 Å². The second-order valence-corrected chi connectivity index (χ2v) is 6.66. The summed E-state index contributed by atoms with van der Waals surface area (Å²) in [6.45, 7) is 8.48. The van der Waals surface area contributed by atoms with Crippen molar-refractivity contribution in [3.63, 3.8) is 0 Å². The highest BCUT2D eigenvalue weighted by atomic mass is 32.2. The Kier molecular flexibility index (Phi) is 5.36. The first kappa shape index (κ1) is 16.8. The number of benzene rings is 2. The van der Waals surface area contributed by atoms with Gasteiger partial charge in [-0.25, -0.2) is 9.97 Å². The fourth-order valence-corrected chi connectivity index (χ4v) is 3.81. The van der Waals surface area contributed by atoms with Crippen LogP contribution in [0.3, 0.4) is 0 Å². The van der Waals surface area contributed by atoms with Crippen LogP contribution in [0.5, 0.6) is 0 Å². The Hall–Kier alpha value is -2.07. The monoisotopic (exact) mass is 337 g/mol. The number of aromatic nitrogens is 2. The highest BCUT2D eigenvalue weighted by Gasteiger charge is 2.10. The first-order valence-electron chi connectivity index (χ1n) is 8.42. The molecule has 0 radical (unpaired) electrons. The van der Waals surface area contributed by atoms with Crippen LogP contribution >= 0.6 is 11.8 Å². The Morgan fingerprint density at radius 1 is 0.875 bits per heavy atom. The zero-order valence-electron chi connectivity index (χ0n) is 14.5. The lowest BCUT2D eigenvalue weighted by Crippen LogP contribution is -2.22. The largest absolute Gasteiger partial charge is 0.372 e. The standard InChI is InChI=1S/C20H23N3S/c1-4-23(5-2)19-13-9-6-10-16(19)14-24-20-15(3)21-17-11-7-8-12-18(17)22-20/h6-13H,4-5,14H2,1-3H3. The molecule has 0 atom stereocenters. The minimum atomic E-state index is 0.903. The molecule has 0 fully saturated rings. The maximum absolute atomic E-state index is 4.79. The van der Waals surface area contributed by atoms with E-state index in [-0.39, 0.29) is 0 Å². The fraction of sp³-hybridized carbons (Fsp3) is 0.300. The Labute approximate surface area is 148 Å². The van der Waals surface area contributed by atoms with Gasteiger partial charge in [0, 0.05) is 24.5 Å². The van der Waals surface area contributed by atoms with Gasteiger partial charge in [-0.15, -0.1) is 0 Å². The number of nitrogens with zero attached hydrogens (tertiary/aromatic N) is 3. The van der Waals surface area contributed by atoms with Crippen LogP contribution in [0, 0.1) is 6.92 Å². The van der Waals surface area contributed by atoms with Crippen molar-refractivity contribution in [3.8, 4) is 0 Å². The molecule has 0 saturated carbocycles. The molecule has 24 heavy (non-hydrogen) atoms. The lowest BCUT2D eigenvalue weighted by atomic mass is 10.2. The van der Waals surface area contributed by atoms with E-state index in [4.69, 9.17) is 4.98 Å². The highest BCUT2D eigenvalue weighted by Crippen LogP contribution is 2.29. The molecule has 124 valence electrons. The molecule has 0 aliphatic heterocycles. The average Bonchev–Trinajstić information content (AvgIpc) is 2.62. The molecule has 0 spiro atoms. The quantitative estimate of drug-likeness (QED) is 0.587. The number of para-hydroxylation sites is 3. The molecule has 3 aromatic rings. The molecule has 0 unspecified atom stereocenters. The number of fused-ring (bicyclic) bond motifs is 1. The van der Waals surface area contributed by atoms with E-state index in [1.54, 1.807) is 11.8 Å². The number of thioether (sulfide) groups is 1. The Morgan fingerprint density at radius 3 is 2.21 bits per heavy atom. The van der Waals surface area contributed by atoms with Crippen LogP contribution < -0.4 is 4.90 Å². The first-order chi connectivity index (χ1) is 11.7. The van der Waals surface area contributed by atoms with Crippen molar-refractivity contribution in [2.75, 3.05) is 18.0 Å². The number of rotatable bonds is 6. The lowest BCUT2D eigenvalue weighted by molar-refractivity contribution is 0.861. The molecule has 0 bridgehead atoms. The second kappa shape index (κ2) is 7.67. The van der Waals surface area contributed by atoms with Gasteiger partial charge in [-0.3, -0.25) is 0 Å². The fourth-order valence-electron chi connectivity index (χ4n) is 2.86. The third kappa shape index (κ3) is 3.54. The van der Waals surface area contributed by atoms with Gasteiger partial charge < -0.3 is 4.90 Å². The molecule has 0 N–H and O–H groups in total. The van der Waals surface area contributed by atoms with Crippen molar-refractivity contribution in [1.82, 2.24) is 9.97 Å². The van der Waals surface area contributed by atoms with Gasteiger partial charge in [0.15, 0.2) is 0 Å². The molecule has 2 aromatic carbocycles. The molecular formula is C20H23N3S. The maximum Gasteiger partial charge on any atom is 0.118 e. The Morgan fingerprint density at radius 2 is 1.50 bits per heavy atom. The van der Waals surface area contributed by atoms with Gasteiger partial charge in [-0.2, -0.15) is 0 Å². The first-order valence-corrected chi connectivity index (χ1v) is 9.40. The van der Waals surface area contributed by atoms with Crippen molar-refractivity contribution in [2.45, 2.75) is 31.6 Å². The summed E-state index contributed by atoms with van der Waals surface area (Å²) < 4.78 is 0. The van der Waals surface area contributed by atoms with E-state index >= 15 is 0 Å². The van der Waals surface area contributed by atoms with Crippen LogP contribution in [0.25, 0.3) is 11.0 Å². The second-order valence-electron chi connectivity index (χ2n) is 5.69. The Balaban J connectivity index is 1.85. The van der Waals surface area contributed by atoms with E-state index in [1.165, 1.54) is 11.3 Å². The van der Waals surface area contributed by atoms with Crippen LogP contribution in [-0.4, -0.2) is 23.1 Å². The van der Waals surface area contributed by atoms with Crippen molar-refractivity contribution in [2.24, 2.45) is 0 Å². The van der Waals surface area contributed by atoms with Gasteiger partial charge in [-0.05, 0) is 44.5 Å². The molecule has 1 aromatic heterocycles. The molecule has 4 heteroatoms. The highest BCUT2D eigenvalue weighted by molar-refractivity contribution is 7.98. The van der Waals surface area contributed by atoms with Gasteiger partial charge in [0.2, 0.25) is 0 Å². The van der Waals surface area contributed by atoms with Crippen molar-refractivity contribution in [1.29, 1.82) is 0 Å². The van der Waals surface area contributed by atoms with E-state index in [9.17, 15) is 0 Å². The molecule has 0 aliphatic carbocycles. The number of anilines is 1. The summed E-state index contributed by atoms with van der Waals surface area (Å²) in [4.78, 5) is 11.9. The maximum atomic E-state index is 4.79. The van der Waals surface area contributed by atoms with Crippen molar-refractivity contribution < 1.29 is 0 Å². The third-order valence-electron chi connectivity index (χ3n) is 4.16. The van der Waals surface area contributed by atoms with Crippen LogP contribution in [0.1, 0.15) is 25.1 Å². The van der Waals surface area contributed by atoms with E-state index in [1.807, 2.05) is 31.2 Å². The zero-order valence-corrected chi connectivity index (χ0v) is 15.3. The molecule has 3 rings (SSSR count). The average molecular weight is 337 g/mol. The lowest BCUT2D eigenvalue weighted by Gasteiger charge is -2.24. The predicted octanol–water partition coefficient (Wildman–Crippen LogP) is 5.08. The van der Waals surface area contributed by atoms with Crippen LogP contribution in [0.4, 0.5) is 5.69 Å². The molecule has 0 amide bonds. The molecule has 0 saturated heterocycles. The summed E-state index contributed by atoms with van der Waals surface area (Å²) in [6.07, 6.45) is 0. The number of hydrogen-bond acceptors (Lipinski definition) is 4. The summed E-state index contributed by atoms with van der Waals surface area (Å²) in [5.41, 5.74) is 5.59. The summed E-state index contributed by atoms with van der Waals surface area (Å²) in [5, 5.41) is 1.02. The zero-order chi connectivity index (χ0) is 16.9. The smallest absolute Gasteiger partial charge is 0.118 e. The Bertz CT molecular complexity index is 828. The van der Waals surface area contributed by atoms with Gasteiger partial charge in [0.1, 0.15) is 5.03 Å². The van der Waals surface area contributed by atoms with E-state index in [0.29, 0.717) is 0 Å². The van der Waals surface area contributed by atoms with Crippen LogP contribution in [0.2, 0.25) is 0 Å². The van der Waals surface area contributed by atoms with Crippen LogP contribution in [0.15, 0.2) is 53.6 Å². The van der Waals surface area contributed by atoms with Gasteiger partial charge >= 0.3 is 0 Å². The molecule has 3 nitrogen and oxygen atoms in total. The summed E-state index contributed by atoms with van der Waals surface area (Å²) >= 11 is 1.77. The topological polar surface area (TPSA) is 29.0 Å². The van der Waals surface area contributed by atoms with Crippen molar-refractivity contribution >= 4 is 28.5 Å². The summed E-state index contributed by atoms with van der Waals surface area (Å²) in [7, 11) is 0. The SMILES string of the molecule is CCN(CC)c1ccccc1CSc1nc2ccccc2nc1C. The van der Waals surface area contributed by atoms with E-state index in [0.717, 1.165) is 40.6 Å². The molecule has 1 heterocycles. The summed E-state index contributed by atoms with van der Waals surface area (Å²) in [6, 6.07) is 16.7. The predicted molar refractivity (Wildman–Crippen MR) is 104 cm³/mol.